The van der Waals surface area contributed by atoms with Crippen molar-refractivity contribution in [3.8, 4) is 0 Å². The van der Waals surface area contributed by atoms with E-state index in [2.05, 4.69) is 5.32 Å². The van der Waals surface area contributed by atoms with Crippen molar-refractivity contribution in [3.05, 3.63) is 69.5 Å². The van der Waals surface area contributed by atoms with E-state index in [-0.39, 0.29) is 5.56 Å². The Labute approximate surface area is 119 Å². The lowest BCUT2D eigenvalue weighted by Gasteiger charge is -2.07. The van der Waals surface area contributed by atoms with Crippen LogP contribution in [0.5, 0.6) is 0 Å². The van der Waals surface area contributed by atoms with E-state index < -0.39 is 22.3 Å². The molecule has 0 atom stereocenters. The lowest BCUT2D eigenvalue weighted by atomic mass is 10.1. The van der Waals surface area contributed by atoms with Crippen molar-refractivity contribution in [1.29, 1.82) is 0 Å². The number of hydrogen-bond donors (Lipinski definition) is 2. The fourth-order valence-electron chi connectivity index (χ4n) is 1.79. The third kappa shape index (κ3) is 3.61. The number of nitrogens with zero attached hydrogens (tertiary/aromatic N) is 1. The van der Waals surface area contributed by atoms with E-state index in [9.17, 15) is 19.3 Å². The van der Waals surface area contributed by atoms with E-state index >= 15 is 0 Å². The standard InChI is InChI=1S/C14H12FN3O3/c15-11-5-10(6-13(7-11)18(20)21)14(19)17-12-3-1-2-9(4-12)8-16/h1-7H,8,16H2,(H,17,19). The van der Waals surface area contributed by atoms with Crippen LogP contribution in [0.25, 0.3) is 0 Å². The molecule has 0 unspecified atom stereocenters. The van der Waals surface area contributed by atoms with Gasteiger partial charge in [-0.3, -0.25) is 14.9 Å². The molecule has 0 radical (unpaired) electrons. The van der Waals surface area contributed by atoms with Gasteiger partial charge in [-0.1, -0.05) is 12.1 Å². The Morgan fingerprint density at radius 3 is 2.71 bits per heavy atom. The highest BCUT2D eigenvalue weighted by Gasteiger charge is 2.14. The monoisotopic (exact) mass is 289 g/mol. The van der Waals surface area contributed by atoms with E-state index in [1.54, 1.807) is 24.3 Å². The second-order valence-electron chi connectivity index (χ2n) is 4.31. The molecule has 0 heterocycles. The summed E-state index contributed by atoms with van der Waals surface area (Å²) in [7, 11) is 0. The summed E-state index contributed by atoms with van der Waals surface area (Å²) in [6, 6.07) is 9.54. The van der Waals surface area contributed by atoms with Gasteiger partial charge in [0.05, 0.1) is 11.0 Å². The molecular formula is C14H12FN3O3. The fourth-order valence-corrected chi connectivity index (χ4v) is 1.79. The number of amides is 1. The van der Waals surface area contributed by atoms with Gasteiger partial charge in [0.2, 0.25) is 0 Å². The number of carbonyl (C=O) groups is 1. The van der Waals surface area contributed by atoms with E-state index in [4.69, 9.17) is 5.73 Å². The summed E-state index contributed by atoms with van der Waals surface area (Å²) >= 11 is 0. The van der Waals surface area contributed by atoms with Gasteiger partial charge in [0.25, 0.3) is 11.6 Å². The Hall–Kier alpha value is -2.80. The quantitative estimate of drug-likeness (QED) is 0.667. The van der Waals surface area contributed by atoms with E-state index in [1.165, 1.54) is 0 Å². The summed E-state index contributed by atoms with van der Waals surface area (Å²) in [4.78, 5) is 21.9. The zero-order chi connectivity index (χ0) is 15.4. The minimum absolute atomic E-state index is 0.125. The van der Waals surface area contributed by atoms with E-state index in [0.717, 1.165) is 23.8 Å². The second kappa shape index (κ2) is 6.10. The minimum atomic E-state index is -0.843. The molecule has 3 N–H and O–H groups in total. The predicted octanol–water partition coefficient (Wildman–Crippen LogP) is 2.44. The molecule has 0 bridgehead atoms. The molecule has 108 valence electrons. The predicted molar refractivity (Wildman–Crippen MR) is 75.3 cm³/mol. The van der Waals surface area contributed by atoms with Gasteiger partial charge in [0.15, 0.2) is 0 Å². The van der Waals surface area contributed by atoms with E-state index in [0.29, 0.717) is 12.2 Å². The van der Waals surface area contributed by atoms with Crippen LogP contribution in [0.3, 0.4) is 0 Å². The molecule has 2 rings (SSSR count). The molecule has 0 aliphatic heterocycles. The molecule has 0 aliphatic carbocycles. The summed E-state index contributed by atoms with van der Waals surface area (Å²) in [5, 5.41) is 13.2. The van der Waals surface area contributed by atoms with Crippen LogP contribution in [-0.4, -0.2) is 10.8 Å². The van der Waals surface area contributed by atoms with Gasteiger partial charge in [-0.2, -0.15) is 0 Å². The highest BCUT2D eigenvalue weighted by molar-refractivity contribution is 6.04. The topological polar surface area (TPSA) is 98.3 Å². The van der Waals surface area contributed by atoms with Crippen LogP contribution in [0, 0.1) is 15.9 Å². The number of non-ortho nitro benzene ring substituents is 1. The van der Waals surface area contributed by atoms with Crippen LogP contribution < -0.4 is 11.1 Å². The first-order valence-corrected chi connectivity index (χ1v) is 6.05. The van der Waals surface area contributed by atoms with Crippen molar-refractivity contribution in [2.45, 2.75) is 6.54 Å². The van der Waals surface area contributed by atoms with Gasteiger partial charge in [0.1, 0.15) is 5.82 Å². The number of carbonyl (C=O) groups excluding carboxylic acids is 1. The van der Waals surface area contributed by atoms with Crippen molar-refractivity contribution in [2.75, 3.05) is 5.32 Å². The van der Waals surface area contributed by atoms with Crippen LogP contribution >= 0.6 is 0 Å². The number of nitro benzene ring substituents is 1. The second-order valence-corrected chi connectivity index (χ2v) is 4.31. The number of benzene rings is 2. The number of hydrogen-bond acceptors (Lipinski definition) is 4. The van der Waals surface area contributed by atoms with Gasteiger partial charge >= 0.3 is 0 Å². The lowest BCUT2D eigenvalue weighted by molar-refractivity contribution is -0.385. The van der Waals surface area contributed by atoms with Gasteiger partial charge in [-0.05, 0) is 23.8 Å². The molecule has 1 amide bonds. The van der Waals surface area contributed by atoms with Crippen LogP contribution in [0.1, 0.15) is 15.9 Å². The molecule has 0 saturated carbocycles. The molecule has 21 heavy (non-hydrogen) atoms. The Bertz CT molecular complexity index is 704. The number of rotatable bonds is 4. The molecule has 0 aliphatic rings. The number of anilines is 1. The summed E-state index contributed by atoms with van der Waals surface area (Å²) in [5.41, 5.74) is 6.19. The molecule has 0 saturated heterocycles. The molecule has 6 nitrogen and oxygen atoms in total. The van der Waals surface area contributed by atoms with Crippen LogP contribution in [0.2, 0.25) is 0 Å². The normalized spacial score (nSPS) is 10.2. The van der Waals surface area contributed by atoms with Crippen molar-refractivity contribution in [3.63, 3.8) is 0 Å². The Morgan fingerprint density at radius 2 is 2.05 bits per heavy atom. The van der Waals surface area contributed by atoms with Gasteiger partial charge in [-0.25, -0.2) is 4.39 Å². The number of nitrogens with two attached hydrogens (primary N) is 1. The lowest BCUT2D eigenvalue weighted by Crippen LogP contribution is -2.13. The SMILES string of the molecule is NCc1cccc(NC(=O)c2cc(F)cc([N+](=O)[O-])c2)c1. The average Bonchev–Trinajstić information content (AvgIpc) is 2.46. The van der Waals surface area contributed by atoms with Crippen LogP contribution in [0.15, 0.2) is 42.5 Å². The van der Waals surface area contributed by atoms with Crippen molar-refractivity contribution in [1.82, 2.24) is 0 Å². The van der Waals surface area contributed by atoms with Gasteiger partial charge < -0.3 is 11.1 Å². The maximum absolute atomic E-state index is 13.3. The number of nitrogens with one attached hydrogen (secondary N) is 1. The van der Waals surface area contributed by atoms with Gasteiger partial charge in [0, 0.05) is 23.9 Å². The smallest absolute Gasteiger partial charge is 0.273 e. The Balaban J connectivity index is 2.25. The highest BCUT2D eigenvalue weighted by atomic mass is 19.1. The van der Waals surface area contributed by atoms with Crippen LogP contribution in [-0.2, 0) is 6.54 Å². The third-order valence-corrected chi connectivity index (χ3v) is 2.78. The average molecular weight is 289 g/mol. The zero-order valence-corrected chi connectivity index (χ0v) is 10.9. The molecule has 2 aromatic rings. The maximum Gasteiger partial charge on any atom is 0.273 e. The van der Waals surface area contributed by atoms with Gasteiger partial charge in [-0.15, -0.1) is 0 Å². The Kier molecular flexibility index (Phi) is 4.24. The van der Waals surface area contributed by atoms with Crippen molar-refractivity contribution >= 4 is 17.3 Å². The summed E-state index contributed by atoms with van der Waals surface area (Å²) in [5.74, 6) is -1.48. The summed E-state index contributed by atoms with van der Waals surface area (Å²) in [6.45, 7) is 0.315. The zero-order valence-electron chi connectivity index (χ0n) is 10.9. The minimum Gasteiger partial charge on any atom is -0.326 e. The summed E-state index contributed by atoms with van der Waals surface area (Å²) in [6.07, 6.45) is 0. The van der Waals surface area contributed by atoms with Crippen molar-refractivity contribution in [2.24, 2.45) is 5.73 Å². The molecule has 7 heteroatoms. The molecule has 0 fully saturated rings. The largest absolute Gasteiger partial charge is 0.326 e. The molecule has 0 spiro atoms. The highest BCUT2D eigenvalue weighted by Crippen LogP contribution is 2.18. The third-order valence-electron chi connectivity index (χ3n) is 2.78. The maximum atomic E-state index is 13.3. The number of nitro groups is 1. The number of halogens is 1. The summed E-state index contributed by atoms with van der Waals surface area (Å²) < 4.78 is 13.3. The van der Waals surface area contributed by atoms with E-state index in [1.807, 2.05) is 0 Å². The molecule has 2 aromatic carbocycles. The molecular weight excluding hydrogens is 277 g/mol. The van der Waals surface area contributed by atoms with Crippen molar-refractivity contribution < 1.29 is 14.1 Å². The first kappa shape index (κ1) is 14.6. The molecule has 0 aromatic heterocycles. The Morgan fingerprint density at radius 1 is 1.29 bits per heavy atom. The van der Waals surface area contributed by atoms with Crippen LogP contribution in [0.4, 0.5) is 15.8 Å². The first-order valence-electron chi connectivity index (χ1n) is 6.05. The fraction of sp³-hybridized carbons (Fsp3) is 0.0714. The first-order chi connectivity index (χ1) is 9.99.